The Hall–Kier alpha value is -1.13. The molecule has 4 heteroatoms. The molecule has 0 aromatic carbocycles. The van der Waals surface area contributed by atoms with Gasteiger partial charge in [-0.3, -0.25) is 0 Å². The van der Waals surface area contributed by atoms with Crippen molar-refractivity contribution in [2.24, 2.45) is 5.84 Å². The first-order valence-electron chi connectivity index (χ1n) is 5.86. The molecule has 0 spiro atoms. The summed E-state index contributed by atoms with van der Waals surface area (Å²) in [4.78, 5) is 4.11. The highest BCUT2D eigenvalue weighted by Gasteiger charge is 1.95. The summed E-state index contributed by atoms with van der Waals surface area (Å²) < 4.78 is 5.55. The van der Waals surface area contributed by atoms with Gasteiger partial charge in [-0.05, 0) is 18.1 Å². The van der Waals surface area contributed by atoms with Crippen molar-refractivity contribution in [2.75, 3.05) is 12.0 Å². The summed E-state index contributed by atoms with van der Waals surface area (Å²) in [5.74, 6) is 5.90. The number of nitrogens with two attached hydrogens (primary N) is 1. The van der Waals surface area contributed by atoms with Crippen LogP contribution in [-0.4, -0.2) is 11.6 Å². The number of aromatic nitrogens is 1. The van der Waals surface area contributed by atoms with Crippen molar-refractivity contribution in [1.82, 2.24) is 4.98 Å². The quantitative estimate of drug-likeness (QED) is 0.404. The van der Waals surface area contributed by atoms with E-state index in [4.69, 9.17) is 10.6 Å². The summed E-state index contributed by atoms with van der Waals surface area (Å²) in [6, 6.07) is 3.81. The number of nitrogen functional groups attached to an aromatic ring is 1. The lowest BCUT2D eigenvalue weighted by atomic mass is 10.2. The van der Waals surface area contributed by atoms with Gasteiger partial charge in [0.2, 0.25) is 0 Å². The fraction of sp³-hybridized carbons (Fsp3) is 0.583. The Morgan fingerprint density at radius 3 is 2.81 bits per heavy atom. The molecule has 0 fully saturated rings. The highest BCUT2D eigenvalue weighted by atomic mass is 16.5. The van der Waals surface area contributed by atoms with Gasteiger partial charge >= 0.3 is 0 Å². The van der Waals surface area contributed by atoms with Gasteiger partial charge in [0.05, 0.1) is 6.61 Å². The van der Waals surface area contributed by atoms with Gasteiger partial charge in [-0.1, -0.05) is 32.3 Å². The fourth-order valence-electron chi connectivity index (χ4n) is 1.42. The van der Waals surface area contributed by atoms with E-state index in [2.05, 4.69) is 17.3 Å². The molecule has 0 unspecified atom stereocenters. The first kappa shape index (κ1) is 12.9. The third-order valence-corrected chi connectivity index (χ3v) is 2.38. The number of ether oxygens (including phenoxy) is 1. The van der Waals surface area contributed by atoms with Crippen LogP contribution in [0.1, 0.15) is 38.2 Å². The topological polar surface area (TPSA) is 60.2 Å². The second-order valence-corrected chi connectivity index (χ2v) is 3.81. The van der Waals surface area contributed by atoms with E-state index in [0.717, 1.165) is 18.6 Å². The van der Waals surface area contributed by atoms with Crippen molar-refractivity contribution in [3.63, 3.8) is 0 Å². The van der Waals surface area contributed by atoms with Crippen molar-refractivity contribution in [3.05, 3.63) is 23.9 Å². The van der Waals surface area contributed by atoms with Gasteiger partial charge in [-0.2, -0.15) is 0 Å². The van der Waals surface area contributed by atoms with Gasteiger partial charge < -0.3 is 10.2 Å². The van der Waals surface area contributed by atoms with Crippen molar-refractivity contribution in [1.29, 1.82) is 0 Å². The minimum Gasteiger partial charge on any atom is -0.377 e. The molecule has 0 aliphatic heterocycles. The summed E-state index contributed by atoms with van der Waals surface area (Å²) in [7, 11) is 0. The number of hydrogen-bond donors (Lipinski definition) is 2. The van der Waals surface area contributed by atoms with Crippen molar-refractivity contribution in [3.8, 4) is 0 Å². The first-order chi connectivity index (χ1) is 7.86. The van der Waals surface area contributed by atoms with Crippen molar-refractivity contribution >= 4 is 5.82 Å². The van der Waals surface area contributed by atoms with E-state index in [-0.39, 0.29) is 0 Å². The normalized spacial score (nSPS) is 10.4. The van der Waals surface area contributed by atoms with E-state index < -0.39 is 0 Å². The number of unbranched alkanes of at least 4 members (excludes halogenated alkanes) is 3. The van der Waals surface area contributed by atoms with Crippen LogP contribution in [0.4, 0.5) is 5.82 Å². The van der Waals surface area contributed by atoms with Crippen LogP contribution in [0.2, 0.25) is 0 Å². The molecule has 3 N–H and O–H groups in total. The molecular weight excluding hydrogens is 202 g/mol. The van der Waals surface area contributed by atoms with Gasteiger partial charge in [0.1, 0.15) is 5.82 Å². The number of hydrogen-bond acceptors (Lipinski definition) is 4. The van der Waals surface area contributed by atoms with Gasteiger partial charge in [0.25, 0.3) is 0 Å². The predicted octanol–water partition coefficient (Wildman–Crippen LogP) is 2.46. The molecule has 1 aromatic rings. The number of rotatable bonds is 8. The van der Waals surface area contributed by atoms with Crippen LogP contribution in [0.3, 0.4) is 0 Å². The fourth-order valence-corrected chi connectivity index (χ4v) is 1.42. The monoisotopic (exact) mass is 223 g/mol. The molecule has 0 saturated heterocycles. The van der Waals surface area contributed by atoms with Crippen LogP contribution >= 0.6 is 0 Å². The molecular formula is C12H21N3O. The smallest absolute Gasteiger partial charge is 0.139 e. The second-order valence-electron chi connectivity index (χ2n) is 3.81. The lowest BCUT2D eigenvalue weighted by molar-refractivity contribution is 0.116. The Morgan fingerprint density at radius 1 is 1.31 bits per heavy atom. The Balaban J connectivity index is 2.12. The number of anilines is 1. The van der Waals surface area contributed by atoms with E-state index in [9.17, 15) is 0 Å². The average Bonchev–Trinajstić information content (AvgIpc) is 2.34. The molecule has 0 atom stereocenters. The van der Waals surface area contributed by atoms with Crippen molar-refractivity contribution in [2.45, 2.75) is 39.2 Å². The van der Waals surface area contributed by atoms with Crippen LogP contribution in [0.5, 0.6) is 0 Å². The largest absolute Gasteiger partial charge is 0.377 e. The molecule has 0 radical (unpaired) electrons. The van der Waals surface area contributed by atoms with E-state index in [0.29, 0.717) is 12.4 Å². The van der Waals surface area contributed by atoms with E-state index in [1.54, 1.807) is 6.20 Å². The maximum absolute atomic E-state index is 5.55. The highest BCUT2D eigenvalue weighted by Crippen LogP contribution is 2.06. The van der Waals surface area contributed by atoms with E-state index in [1.807, 2.05) is 12.1 Å². The Kier molecular flexibility index (Phi) is 6.53. The number of hydrazine groups is 1. The van der Waals surface area contributed by atoms with Gasteiger partial charge in [0.15, 0.2) is 0 Å². The maximum Gasteiger partial charge on any atom is 0.139 e. The molecule has 16 heavy (non-hydrogen) atoms. The summed E-state index contributed by atoms with van der Waals surface area (Å²) in [6.45, 7) is 3.67. The van der Waals surface area contributed by atoms with Crippen LogP contribution in [0.25, 0.3) is 0 Å². The van der Waals surface area contributed by atoms with E-state index in [1.165, 1.54) is 19.3 Å². The van der Waals surface area contributed by atoms with Crippen LogP contribution in [0, 0.1) is 0 Å². The first-order valence-corrected chi connectivity index (χ1v) is 5.86. The Morgan fingerprint density at radius 2 is 2.19 bits per heavy atom. The number of nitrogens with zero attached hydrogens (tertiary/aromatic N) is 1. The van der Waals surface area contributed by atoms with Crippen LogP contribution in [0.15, 0.2) is 18.3 Å². The molecule has 0 aliphatic rings. The molecule has 4 nitrogen and oxygen atoms in total. The molecule has 0 saturated carbocycles. The van der Waals surface area contributed by atoms with Gasteiger partial charge in [0, 0.05) is 12.8 Å². The number of pyridine rings is 1. The third-order valence-electron chi connectivity index (χ3n) is 2.38. The third kappa shape index (κ3) is 5.09. The van der Waals surface area contributed by atoms with Gasteiger partial charge in [-0.25, -0.2) is 10.8 Å². The molecule has 0 aliphatic carbocycles. The lowest BCUT2D eigenvalue weighted by Gasteiger charge is -2.04. The zero-order chi connectivity index (χ0) is 11.6. The summed E-state index contributed by atoms with van der Waals surface area (Å²) >= 11 is 0. The van der Waals surface area contributed by atoms with E-state index >= 15 is 0 Å². The summed E-state index contributed by atoms with van der Waals surface area (Å²) in [5.41, 5.74) is 3.57. The minimum absolute atomic E-state index is 0.629. The zero-order valence-electron chi connectivity index (χ0n) is 9.91. The lowest BCUT2D eigenvalue weighted by Crippen LogP contribution is -2.08. The van der Waals surface area contributed by atoms with Crippen molar-refractivity contribution < 1.29 is 4.74 Å². The molecule has 0 amide bonds. The zero-order valence-corrected chi connectivity index (χ0v) is 9.91. The molecule has 0 bridgehead atoms. The summed E-state index contributed by atoms with van der Waals surface area (Å²) in [5, 5.41) is 0. The van der Waals surface area contributed by atoms with Gasteiger partial charge in [-0.15, -0.1) is 0 Å². The van der Waals surface area contributed by atoms with Crippen LogP contribution in [-0.2, 0) is 11.3 Å². The number of nitrogens with one attached hydrogen (secondary N) is 1. The standard InChI is InChI=1S/C12H21N3O/c1-2-3-4-5-8-16-10-11-6-7-12(15-13)14-9-11/h6-7,9H,2-5,8,10,13H2,1H3,(H,14,15). The average molecular weight is 223 g/mol. The molecule has 1 aromatic heterocycles. The van der Waals surface area contributed by atoms with Crippen LogP contribution < -0.4 is 11.3 Å². The predicted molar refractivity (Wildman–Crippen MR) is 65.8 cm³/mol. The highest BCUT2D eigenvalue weighted by molar-refractivity contribution is 5.33. The Labute approximate surface area is 97.2 Å². The second kappa shape index (κ2) is 8.07. The molecule has 1 rings (SSSR count). The SMILES string of the molecule is CCCCCCOCc1ccc(NN)nc1. The summed E-state index contributed by atoms with van der Waals surface area (Å²) in [6.07, 6.45) is 6.73. The molecule has 1 heterocycles. The maximum atomic E-state index is 5.55. The Bertz CT molecular complexity index is 274. The molecule has 90 valence electrons. The minimum atomic E-state index is 0.629.